The van der Waals surface area contributed by atoms with E-state index in [1.54, 1.807) is 59.8 Å². The van der Waals surface area contributed by atoms with Crippen LogP contribution >= 0.6 is 0 Å². The summed E-state index contributed by atoms with van der Waals surface area (Å²) in [5.74, 6) is 2.49. The van der Waals surface area contributed by atoms with Gasteiger partial charge in [-0.2, -0.15) is 0 Å². The van der Waals surface area contributed by atoms with Gasteiger partial charge in [-0.05, 0) is 59.2 Å². The third-order valence-corrected chi connectivity index (χ3v) is 5.34. The Labute approximate surface area is 210 Å². The molecule has 0 unspecified atom stereocenters. The van der Waals surface area contributed by atoms with Crippen molar-refractivity contribution in [3.8, 4) is 28.7 Å². The molecule has 3 N–H and O–H groups in total. The lowest BCUT2D eigenvalue weighted by Gasteiger charge is -2.13. The van der Waals surface area contributed by atoms with E-state index in [4.69, 9.17) is 29.4 Å². The lowest BCUT2D eigenvalue weighted by molar-refractivity contribution is -0.111. The van der Waals surface area contributed by atoms with Gasteiger partial charge in [0.1, 0.15) is 11.5 Å². The minimum atomic E-state index is -0.305. The summed E-state index contributed by atoms with van der Waals surface area (Å²) < 4.78 is 26.7. The van der Waals surface area contributed by atoms with Gasteiger partial charge < -0.3 is 34.7 Å². The SMILES string of the molecule is COc1ccc(/C=C/c2cc(OC)c(OC)c(OC)c2)c(NC(=O)/C=C/c2ccc(OC)c(N)c2)c1. The predicted molar refractivity (Wildman–Crippen MR) is 143 cm³/mol. The lowest BCUT2D eigenvalue weighted by atomic mass is 10.1. The number of methoxy groups -OCH3 is 5. The van der Waals surface area contributed by atoms with Crippen LogP contribution < -0.4 is 34.7 Å². The number of nitrogen functional groups attached to an aromatic ring is 1. The van der Waals surface area contributed by atoms with Gasteiger partial charge in [0.25, 0.3) is 0 Å². The fourth-order valence-corrected chi connectivity index (χ4v) is 3.50. The predicted octanol–water partition coefficient (Wildman–Crippen LogP) is 5.13. The zero-order valence-corrected chi connectivity index (χ0v) is 21.0. The Morgan fingerprint density at radius 1 is 0.722 bits per heavy atom. The number of rotatable bonds is 10. The maximum atomic E-state index is 12.7. The summed E-state index contributed by atoms with van der Waals surface area (Å²) in [6, 6.07) is 14.4. The Balaban J connectivity index is 1.85. The van der Waals surface area contributed by atoms with Crippen LogP contribution in [0.5, 0.6) is 28.7 Å². The highest BCUT2D eigenvalue weighted by molar-refractivity contribution is 6.03. The van der Waals surface area contributed by atoms with Crippen LogP contribution in [0.2, 0.25) is 0 Å². The fraction of sp³-hybridized carbons (Fsp3) is 0.179. The molecule has 0 spiro atoms. The Kier molecular flexibility index (Phi) is 8.83. The van der Waals surface area contributed by atoms with Gasteiger partial charge in [0.15, 0.2) is 11.5 Å². The third-order valence-electron chi connectivity index (χ3n) is 5.34. The Hall–Kier alpha value is -4.59. The highest BCUT2D eigenvalue weighted by atomic mass is 16.5. The summed E-state index contributed by atoms with van der Waals surface area (Å²) in [7, 11) is 7.81. The normalized spacial score (nSPS) is 10.9. The fourth-order valence-electron chi connectivity index (χ4n) is 3.50. The van der Waals surface area contributed by atoms with E-state index in [0.29, 0.717) is 40.1 Å². The zero-order valence-electron chi connectivity index (χ0n) is 21.0. The molecule has 3 rings (SSSR count). The number of benzene rings is 3. The molecule has 3 aromatic rings. The van der Waals surface area contributed by atoms with Crippen LogP contribution in [0, 0.1) is 0 Å². The second-order valence-corrected chi connectivity index (χ2v) is 7.57. The van der Waals surface area contributed by atoms with E-state index < -0.39 is 0 Å². The van der Waals surface area contributed by atoms with E-state index >= 15 is 0 Å². The molecule has 0 saturated carbocycles. The van der Waals surface area contributed by atoms with Crippen molar-refractivity contribution in [1.29, 1.82) is 0 Å². The highest BCUT2D eigenvalue weighted by Gasteiger charge is 2.12. The van der Waals surface area contributed by atoms with Crippen LogP contribution in [0.25, 0.3) is 18.2 Å². The molecule has 0 radical (unpaired) electrons. The second kappa shape index (κ2) is 12.2. The molecular formula is C28H30N2O6. The van der Waals surface area contributed by atoms with Crippen molar-refractivity contribution < 1.29 is 28.5 Å². The van der Waals surface area contributed by atoms with Crippen LogP contribution in [-0.2, 0) is 4.79 Å². The number of amides is 1. The first kappa shape index (κ1) is 26.0. The molecular weight excluding hydrogens is 460 g/mol. The number of nitrogens with two attached hydrogens (primary N) is 1. The molecule has 0 aliphatic heterocycles. The highest BCUT2D eigenvalue weighted by Crippen LogP contribution is 2.38. The first-order valence-electron chi connectivity index (χ1n) is 11.0. The van der Waals surface area contributed by atoms with E-state index in [2.05, 4.69) is 5.32 Å². The standard InChI is InChI=1S/C28H30N2O6/c1-32-21-11-10-20(9-6-19-15-25(34-3)28(36-5)26(16-19)35-4)23(17-21)30-27(31)13-8-18-7-12-24(33-2)22(29)14-18/h6-17H,29H2,1-5H3,(H,30,31)/b9-6+,13-8+. The number of carbonyl (C=O) groups is 1. The van der Waals surface area contributed by atoms with Gasteiger partial charge in [-0.25, -0.2) is 0 Å². The van der Waals surface area contributed by atoms with Crippen molar-refractivity contribution in [2.24, 2.45) is 0 Å². The molecule has 1 amide bonds. The van der Waals surface area contributed by atoms with E-state index in [1.165, 1.54) is 6.08 Å². The molecule has 0 aliphatic rings. The molecule has 0 bridgehead atoms. The molecule has 0 heterocycles. The van der Waals surface area contributed by atoms with Crippen LogP contribution in [0.15, 0.2) is 54.6 Å². The molecule has 8 nitrogen and oxygen atoms in total. The van der Waals surface area contributed by atoms with Gasteiger partial charge in [0, 0.05) is 12.1 Å². The average molecular weight is 491 g/mol. The molecule has 0 aliphatic carbocycles. The molecule has 0 saturated heterocycles. The van der Waals surface area contributed by atoms with Gasteiger partial charge in [0.05, 0.1) is 46.9 Å². The Morgan fingerprint density at radius 3 is 2.00 bits per heavy atom. The van der Waals surface area contributed by atoms with E-state index in [9.17, 15) is 4.79 Å². The van der Waals surface area contributed by atoms with E-state index in [1.807, 2.05) is 42.5 Å². The van der Waals surface area contributed by atoms with Crippen molar-refractivity contribution in [2.45, 2.75) is 0 Å². The van der Waals surface area contributed by atoms with E-state index in [0.717, 1.165) is 16.7 Å². The molecule has 8 heteroatoms. The van der Waals surface area contributed by atoms with Gasteiger partial charge >= 0.3 is 0 Å². The largest absolute Gasteiger partial charge is 0.497 e. The van der Waals surface area contributed by atoms with Gasteiger partial charge in [-0.1, -0.05) is 18.2 Å². The maximum Gasteiger partial charge on any atom is 0.248 e. The number of anilines is 2. The van der Waals surface area contributed by atoms with Gasteiger partial charge in [-0.3, -0.25) is 4.79 Å². The number of hydrogen-bond acceptors (Lipinski definition) is 7. The Morgan fingerprint density at radius 2 is 1.42 bits per heavy atom. The van der Waals surface area contributed by atoms with Crippen molar-refractivity contribution in [2.75, 3.05) is 46.6 Å². The first-order chi connectivity index (χ1) is 17.4. The number of nitrogens with one attached hydrogen (secondary N) is 1. The summed E-state index contributed by atoms with van der Waals surface area (Å²) in [5.41, 5.74) is 9.40. The van der Waals surface area contributed by atoms with Gasteiger partial charge in [-0.15, -0.1) is 0 Å². The molecule has 0 fully saturated rings. The topological polar surface area (TPSA) is 101 Å². The minimum Gasteiger partial charge on any atom is -0.497 e. The summed E-state index contributed by atoms with van der Waals surface area (Å²) in [4.78, 5) is 12.7. The molecule has 36 heavy (non-hydrogen) atoms. The first-order valence-corrected chi connectivity index (χ1v) is 11.0. The lowest BCUT2D eigenvalue weighted by Crippen LogP contribution is -2.09. The minimum absolute atomic E-state index is 0.305. The van der Waals surface area contributed by atoms with E-state index in [-0.39, 0.29) is 5.91 Å². The number of ether oxygens (including phenoxy) is 5. The number of hydrogen-bond donors (Lipinski definition) is 2. The summed E-state index contributed by atoms with van der Waals surface area (Å²) >= 11 is 0. The van der Waals surface area contributed by atoms with Crippen molar-refractivity contribution in [3.05, 3.63) is 71.3 Å². The smallest absolute Gasteiger partial charge is 0.248 e. The summed E-state index contributed by atoms with van der Waals surface area (Å²) in [6.45, 7) is 0. The quantitative estimate of drug-likeness (QED) is 0.231. The van der Waals surface area contributed by atoms with Gasteiger partial charge in [0.2, 0.25) is 11.7 Å². The van der Waals surface area contributed by atoms with Crippen molar-refractivity contribution in [1.82, 2.24) is 0 Å². The summed E-state index contributed by atoms with van der Waals surface area (Å²) in [6.07, 6.45) is 6.88. The Bertz CT molecular complexity index is 1260. The van der Waals surface area contributed by atoms with Crippen molar-refractivity contribution >= 4 is 35.5 Å². The average Bonchev–Trinajstić information content (AvgIpc) is 2.90. The second-order valence-electron chi connectivity index (χ2n) is 7.57. The van der Waals surface area contributed by atoms with Crippen LogP contribution in [-0.4, -0.2) is 41.5 Å². The monoisotopic (exact) mass is 490 g/mol. The molecule has 0 atom stereocenters. The third kappa shape index (κ3) is 6.29. The molecule has 0 aromatic heterocycles. The van der Waals surface area contributed by atoms with Crippen LogP contribution in [0.4, 0.5) is 11.4 Å². The van der Waals surface area contributed by atoms with Crippen LogP contribution in [0.1, 0.15) is 16.7 Å². The zero-order chi connectivity index (χ0) is 26.1. The molecule has 3 aromatic carbocycles. The van der Waals surface area contributed by atoms with Crippen LogP contribution in [0.3, 0.4) is 0 Å². The molecule has 188 valence electrons. The number of carbonyl (C=O) groups excluding carboxylic acids is 1. The maximum absolute atomic E-state index is 12.7. The summed E-state index contributed by atoms with van der Waals surface area (Å²) in [5, 5.41) is 2.91. The van der Waals surface area contributed by atoms with Crippen molar-refractivity contribution in [3.63, 3.8) is 0 Å².